The lowest BCUT2D eigenvalue weighted by Crippen LogP contribution is -2.23. The molecule has 0 saturated heterocycles. The molecule has 0 spiro atoms. The third kappa shape index (κ3) is 4.62. The summed E-state index contributed by atoms with van der Waals surface area (Å²) in [4.78, 5) is 10.4. The van der Waals surface area contributed by atoms with Crippen molar-refractivity contribution in [2.24, 2.45) is 0 Å². The van der Waals surface area contributed by atoms with E-state index in [1.807, 2.05) is 13.8 Å². The summed E-state index contributed by atoms with van der Waals surface area (Å²) >= 11 is 0. The van der Waals surface area contributed by atoms with Gasteiger partial charge in [-0.2, -0.15) is 0 Å². The van der Waals surface area contributed by atoms with Crippen LogP contribution in [0.4, 0.5) is 5.69 Å². The second kappa shape index (κ2) is 5.72. The fourth-order valence-electron chi connectivity index (χ4n) is 1.27. The number of carboxylic acid groups (broad SMARTS) is 1. The Morgan fingerprint density at radius 2 is 2.00 bits per heavy atom. The zero-order valence-corrected chi connectivity index (χ0v) is 10.9. The van der Waals surface area contributed by atoms with Crippen molar-refractivity contribution in [2.45, 2.75) is 20.0 Å². The number of carboxylic acids is 1. The van der Waals surface area contributed by atoms with Gasteiger partial charge in [-0.3, -0.25) is 9.52 Å². The van der Waals surface area contributed by atoms with Gasteiger partial charge in [0.1, 0.15) is 5.75 Å². The van der Waals surface area contributed by atoms with E-state index in [1.54, 1.807) is 18.2 Å². The van der Waals surface area contributed by atoms with Crippen molar-refractivity contribution in [3.8, 4) is 5.75 Å². The summed E-state index contributed by atoms with van der Waals surface area (Å²) in [5.41, 5.74) is 0.229. The van der Waals surface area contributed by atoms with Crippen LogP contribution in [0.25, 0.3) is 0 Å². The van der Waals surface area contributed by atoms with Gasteiger partial charge in [-0.15, -0.1) is 0 Å². The third-order valence-electron chi connectivity index (χ3n) is 1.83. The fourth-order valence-corrected chi connectivity index (χ4v) is 2.17. The lowest BCUT2D eigenvalue weighted by atomic mass is 10.3. The molecule has 0 aromatic heterocycles. The Labute approximate surface area is 106 Å². The zero-order valence-electron chi connectivity index (χ0n) is 10.1. The van der Waals surface area contributed by atoms with Gasteiger partial charge in [0.15, 0.2) is 5.75 Å². The highest BCUT2D eigenvalue weighted by Gasteiger charge is 2.17. The van der Waals surface area contributed by atoms with E-state index in [4.69, 9.17) is 9.84 Å². The van der Waals surface area contributed by atoms with E-state index in [2.05, 4.69) is 4.72 Å². The molecule has 0 saturated carbocycles. The molecule has 0 aliphatic rings. The smallest absolute Gasteiger partial charge is 0.320 e. The van der Waals surface area contributed by atoms with E-state index in [9.17, 15) is 13.2 Å². The molecule has 1 aromatic rings. The standard InChI is InChI=1S/C11H15NO5S/c1-8(2)17-10-6-4-3-5-9(10)12-18(15,16)7-11(13)14/h3-6,8,12H,7H2,1-2H3,(H,13,14). The quantitative estimate of drug-likeness (QED) is 0.815. The molecule has 100 valence electrons. The molecule has 0 bridgehead atoms. The van der Waals surface area contributed by atoms with Crippen molar-refractivity contribution in [1.82, 2.24) is 0 Å². The van der Waals surface area contributed by atoms with E-state index >= 15 is 0 Å². The summed E-state index contributed by atoms with van der Waals surface area (Å²) in [5.74, 6) is -2.03. The number of aliphatic carboxylic acids is 1. The minimum atomic E-state index is -3.92. The average Bonchev–Trinajstić information content (AvgIpc) is 2.17. The summed E-state index contributed by atoms with van der Waals surface area (Å²) in [7, 11) is -3.92. The molecule has 7 heteroatoms. The Hall–Kier alpha value is -1.76. The Bertz CT molecular complexity index is 524. The lowest BCUT2D eigenvalue weighted by Gasteiger charge is -2.14. The van der Waals surface area contributed by atoms with Gasteiger partial charge >= 0.3 is 5.97 Å². The number of ether oxygens (including phenoxy) is 1. The van der Waals surface area contributed by atoms with Crippen LogP contribution in [0.2, 0.25) is 0 Å². The maximum absolute atomic E-state index is 11.5. The summed E-state index contributed by atoms with van der Waals surface area (Å²) in [6.07, 6.45) is -0.116. The molecule has 0 aliphatic carbocycles. The first-order valence-electron chi connectivity index (χ1n) is 5.28. The summed E-state index contributed by atoms with van der Waals surface area (Å²) < 4.78 is 30.6. The number of hydrogen-bond acceptors (Lipinski definition) is 4. The normalized spacial score (nSPS) is 11.3. The molecule has 2 N–H and O–H groups in total. The summed E-state index contributed by atoms with van der Waals surface area (Å²) in [6.45, 7) is 3.62. The minimum absolute atomic E-state index is 0.116. The molecule has 0 heterocycles. The van der Waals surface area contributed by atoms with E-state index in [0.29, 0.717) is 5.75 Å². The first kappa shape index (κ1) is 14.3. The maximum Gasteiger partial charge on any atom is 0.320 e. The van der Waals surface area contributed by atoms with Crippen molar-refractivity contribution in [3.05, 3.63) is 24.3 Å². The number of carbonyl (C=O) groups is 1. The predicted molar refractivity (Wildman–Crippen MR) is 67.3 cm³/mol. The Kier molecular flexibility index (Phi) is 4.55. The van der Waals surface area contributed by atoms with Gasteiger partial charge in [-0.05, 0) is 26.0 Å². The molecule has 1 aromatic carbocycles. The first-order chi connectivity index (χ1) is 8.30. The van der Waals surface area contributed by atoms with E-state index in [1.165, 1.54) is 6.07 Å². The van der Waals surface area contributed by atoms with Gasteiger partial charge < -0.3 is 9.84 Å². The highest BCUT2D eigenvalue weighted by Crippen LogP contribution is 2.25. The second-order valence-corrected chi connectivity index (χ2v) is 5.64. The fraction of sp³-hybridized carbons (Fsp3) is 0.364. The van der Waals surface area contributed by atoms with Crippen LogP contribution in [0, 0.1) is 0 Å². The molecule has 0 radical (unpaired) electrons. The van der Waals surface area contributed by atoms with Gasteiger partial charge in [0, 0.05) is 0 Å². The van der Waals surface area contributed by atoms with E-state index in [0.717, 1.165) is 0 Å². The third-order valence-corrected chi connectivity index (χ3v) is 2.99. The van der Waals surface area contributed by atoms with Crippen LogP contribution in [0.15, 0.2) is 24.3 Å². The largest absolute Gasteiger partial charge is 0.489 e. The van der Waals surface area contributed by atoms with Gasteiger partial charge in [-0.1, -0.05) is 12.1 Å². The van der Waals surface area contributed by atoms with Gasteiger partial charge in [0.25, 0.3) is 0 Å². The molecule has 0 fully saturated rings. The topological polar surface area (TPSA) is 92.7 Å². The Balaban J connectivity index is 2.93. The maximum atomic E-state index is 11.5. The number of hydrogen-bond donors (Lipinski definition) is 2. The number of para-hydroxylation sites is 2. The van der Waals surface area contributed by atoms with Crippen molar-refractivity contribution < 1.29 is 23.1 Å². The summed E-state index contributed by atoms with van der Waals surface area (Å²) in [6, 6.07) is 6.45. The van der Waals surface area contributed by atoms with Crippen LogP contribution in [-0.4, -0.2) is 31.4 Å². The van der Waals surface area contributed by atoms with Crippen LogP contribution in [0.5, 0.6) is 5.75 Å². The van der Waals surface area contributed by atoms with Crippen molar-refractivity contribution in [1.29, 1.82) is 0 Å². The van der Waals surface area contributed by atoms with Crippen molar-refractivity contribution in [3.63, 3.8) is 0 Å². The molecule has 0 unspecified atom stereocenters. The first-order valence-corrected chi connectivity index (χ1v) is 6.93. The van der Waals surface area contributed by atoms with Crippen molar-refractivity contribution in [2.75, 3.05) is 10.5 Å². The Morgan fingerprint density at radius 1 is 1.39 bits per heavy atom. The Morgan fingerprint density at radius 3 is 2.56 bits per heavy atom. The minimum Gasteiger partial charge on any atom is -0.489 e. The molecule has 6 nitrogen and oxygen atoms in total. The molecule has 0 atom stereocenters. The van der Waals surface area contributed by atoms with E-state index < -0.39 is 21.7 Å². The molecule has 0 amide bonds. The highest BCUT2D eigenvalue weighted by atomic mass is 32.2. The van der Waals surface area contributed by atoms with Crippen LogP contribution in [-0.2, 0) is 14.8 Å². The molecule has 18 heavy (non-hydrogen) atoms. The zero-order chi connectivity index (χ0) is 13.8. The lowest BCUT2D eigenvalue weighted by molar-refractivity contribution is -0.134. The molecule has 1 rings (SSSR count). The highest BCUT2D eigenvalue weighted by molar-refractivity contribution is 7.93. The monoisotopic (exact) mass is 273 g/mol. The van der Waals surface area contributed by atoms with E-state index in [-0.39, 0.29) is 11.8 Å². The number of anilines is 1. The van der Waals surface area contributed by atoms with Crippen LogP contribution < -0.4 is 9.46 Å². The number of benzene rings is 1. The molecular formula is C11H15NO5S. The number of rotatable bonds is 6. The number of nitrogens with one attached hydrogen (secondary N) is 1. The molecular weight excluding hydrogens is 258 g/mol. The average molecular weight is 273 g/mol. The van der Waals surface area contributed by atoms with Gasteiger partial charge in [0.05, 0.1) is 11.8 Å². The van der Waals surface area contributed by atoms with Gasteiger partial charge in [-0.25, -0.2) is 8.42 Å². The molecule has 0 aliphatic heterocycles. The van der Waals surface area contributed by atoms with Gasteiger partial charge in [0.2, 0.25) is 10.0 Å². The van der Waals surface area contributed by atoms with Crippen LogP contribution >= 0.6 is 0 Å². The van der Waals surface area contributed by atoms with Crippen LogP contribution in [0.3, 0.4) is 0 Å². The second-order valence-electron chi connectivity index (χ2n) is 3.92. The van der Waals surface area contributed by atoms with Crippen LogP contribution in [0.1, 0.15) is 13.8 Å². The predicted octanol–water partition coefficient (Wildman–Crippen LogP) is 1.30. The van der Waals surface area contributed by atoms with Crippen molar-refractivity contribution >= 4 is 21.7 Å². The number of sulfonamides is 1. The summed E-state index contributed by atoms with van der Waals surface area (Å²) in [5, 5.41) is 8.49. The SMILES string of the molecule is CC(C)Oc1ccccc1NS(=O)(=O)CC(=O)O.